The van der Waals surface area contributed by atoms with E-state index in [1.165, 1.54) is 60.9 Å². The van der Waals surface area contributed by atoms with Gasteiger partial charge in [0.15, 0.2) is 46.5 Å². The van der Waals surface area contributed by atoms with Gasteiger partial charge in [0, 0.05) is 39.3 Å². The number of nitrogens with one attached hydrogen (secondary N) is 2. The Balaban J connectivity index is 1.53. The van der Waals surface area contributed by atoms with Crippen LogP contribution in [-0.2, 0) is 0 Å². The van der Waals surface area contributed by atoms with Gasteiger partial charge in [0.25, 0.3) is 0 Å². The van der Waals surface area contributed by atoms with Gasteiger partial charge in [-0.3, -0.25) is 0 Å². The molecule has 2 N–H and O–H groups in total. The van der Waals surface area contributed by atoms with Crippen LogP contribution in [0, 0.1) is 58.2 Å². The number of aromatic nitrogens is 2. The fourth-order valence-electron chi connectivity index (χ4n) is 5.27. The fourth-order valence-corrected chi connectivity index (χ4v) is 5.27. The topological polar surface area (TPSA) is 56.3 Å². The van der Waals surface area contributed by atoms with Crippen molar-refractivity contribution in [2.45, 2.75) is 0 Å². The standard InChI is InChI=1S/C32H12F10N4/c33-23-21(24(34)28(38)31(41)27(23)37)19-11-7-15(43-10-11)9-14-3-6-18(46-14)20(22-25(35)29(39)32(42)30(40)26(22)36)17-5-2-13(45-17)8-12-1-4-16(19)44-12/h1-10,43,46H. The minimum Gasteiger partial charge on any atom is -0.361 e. The maximum absolute atomic E-state index is 15.1. The van der Waals surface area contributed by atoms with Crippen molar-refractivity contribution in [3.8, 4) is 0 Å². The molecule has 7 rings (SSSR count). The van der Waals surface area contributed by atoms with Crippen LogP contribution >= 0.6 is 0 Å². The van der Waals surface area contributed by atoms with Crippen molar-refractivity contribution in [1.82, 2.24) is 9.97 Å². The zero-order chi connectivity index (χ0) is 32.6. The first kappa shape index (κ1) is 29.1. The van der Waals surface area contributed by atoms with E-state index in [-0.39, 0.29) is 44.8 Å². The Morgan fingerprint density at radius 2 is 1.13 bits per heavy atom. The van der Waals surface area contributed by atoms with E-state index < -0.39 is 80.4 Å². The first-order valence-electron chi connectivity index (χ1n) is 13.1. The number of nitrogens with zero attached hydrogens (tertiary/aromatic N) is 2. The van der Waals surface area contributed by atoms with Crippen molar-refractivity contribution < 1.29 is 43.9 Å². The van der Waals surface area contributed by atoms with Crippen LogP contribution in [0.3, 0.4) is 0 Å². The molecule has 5 heterocycles. The number of allylic oxidation sites excluding steroid dienone is 5. The summed E-state index contributed by atoms with van der Waals surface area (Å²) in [7, 11) is 0. The van der Waals surface area contributed by atoms with Crippen molar-refractivity contribution in [2.24, 2.45) is 9.98 Å². The zero-order valence-corrected chi connectivity index (χ0v) is 22.4. The van der Waals surface area contributed by atoms with Crippen molar-refractivity contribution in [3.05, 3.63) is 157 Å². The molecule has 230 valence electrons. The zero-order valence-electron chi connectivity index (χ0n) is 22.4. The highest BCUT2D eigenvalue weighted by molar-refractivity contribution is 6.30. The molecule has 0 amide bonds. The molecule has 0 fully saturated rings. The maximum atomic E-state index is 15.1. The smallest absolute Gasteiger partial charge is 0.200 e. The lowest BCUT2D eigenvalue weighted by atomic mass is 9.96. The summed E-state index contributed by atoms with van der Waals surface area (Å²) in [5.41, 5.74) is -3.37. The summed E-state index contributed by atoms with van der Waals surface area (Å²) in [6.45, 7) is 0. The maximum Gasteiger partial charge on any atom is 0.200 e. The molecular weight excluding hydrogens is 630 g/mol. The molecule has 46 heavy (non-hydrogen) atoms. The fraction of sp³-hybridized carbons (Fsp3) is 0. The molecule has 0 saturated heterocycles. The number of benzene rings is 2. The Kier molecular flexibility index (Phi) is 6.61. The number of H-pyrrole nitrogens is 2. The number of hydrogen-bond donors (Lipinski definition) is 2. The van der Waals surface area contributed by atoms with Gasteiger partial charge in [0.05, 0.1) is 33.9 Å². The minimum atomic E-state index is -2.33. The van der Waals surface area contributed by atoms with E-state index in [0.717, 1.165) is 0 Å². The van der Waals surface area contributed by atoms with Gasteiger partial charge in [-0.1, -0.05) is 0 Å². The predicted molar refractivity (Wildman–Crippen MR) is 147 cm³/mol. The molecule has 8 bridgehead atoms. The number of hydrogen-bond acceptors (Lipinski definition) is 2. The van der Waals surface area contributed by atoms with E-state index in [0.29, 0.717) is 0 Å². The first-order valence-corrected chi connectivity index (χ1v) is 13.1. The summed E-state index contributed by atoms with van der Waals surface area (Å²) in [4.78, 5) is 14.2. The van der Waals surface area contributed by atoms with Crippen LogP contribution < -0.4 is 10.7 Å². The molecule has 14 heteroatoms. The average molecular weight is 642 g/mol. The Morgan fingerprint density at radius 3 is 1.76 bits per heavy atom. The highest BCUT2D eigenvalue weighted by Crippen LogP contribution is 2.37. The van der Waals surface area contributed by atoms with E-state index in [1.807, 2.05) is 0 Å². The summed E-state index contributed by atoms with van der Waals surface area (Å²) in [5.74, 6) is -21.6. The lowest BCUT2D eigenvalue weighted by molar-refractivity contribution is 0.376. The second-order valence-electron chi connectivity index (χ2n) is 10.1. The monoisotopic (exact) mass is 642 g/mol. The number of halogens is 10. The molecule has 0 aliphatic carbocycles. The number of aromatic amines is 2. The molecule has 0 atom stereocenters. The minimum absolute atomic E-state index is 0.0274. The molecule has 2 aromatic carbocycles. The van der Waals surface area contributed by atoms with Gasteiger partial charge in [-0.05, 0) is 54.7 Å². The van der Waals surface area contributed by atoms with Crippen molar-refractivity contribution >= 4 is 28.6 Å². The predicted octanol–water partition coefficient (Wildman–Crippen LogP) is 6.44. The molecule has 4 nitrogen and oxygen atoms in total. The molecule has 3 aliphatic heterocycles. The third-order valence-corrected chi connectivity index (χ3v) is 7.33. The Bertz CT molecular complexity index is 2310. The van der Waals surface area contributed by atoms with Gasteiger partial charge in [0.2, 0.25) is 11.6 Å². The molecule has 0 saturated carbocycles. The third-order valence-electron chi connectivity index (χ3n) is 7.33. The van der Waals surface area contributed by atoms with Crippen LogP contribution in [0.5, 0.6) is 0 Å². The average Bonchev–Trinajstić information content (AvgIpc) is 3.87. The number of fused-ring (bicyclic) bond motifs is 6. The van der Waals surface area contributed by atoms with Gasteiger partial charge in [0.1, 0.15) is 0 Å². The van der Waals surface area contributed by atoms with Crippen LogP contribution in [-0.4, -0.2) is 21.4 Å². The van der Waals surface area contributed by atoms with Crippen LogP contribution in [0.25, 0.3) is 17.2 Å². The van der Waals surface area contributed by atoms with Crippen LogP contribution in [0.1, 0.15) is 22.4 Å². The second kappa shape index (κ2) is 10.5. The molecule has 4 aromatic rings. The van der Waals surface area contributed by atoms with Crippen LogP contribution in [0.4, 0.5) is 43.9 Å². The van der Waals surface area contributed by atoms with E-state index >= 15 is 17.6 Å². The molecule has 0 spiro atoms. The van der Waals surface area contributed by atoms with E-state index in [2.05, 4.69) is 20.0 Å². The molecule has 0 radical (unpaired) electrons. The molecule has 2 aromatic heterocycles. The highest BCUT2D eigenvalue weighted by Gasteiger charge is 2.32. The van der Waals surface area contributed by atoms with Crippen molar-refractivity contribution in [2.75, 3.05) is 0 Å². The largest absolute Gasteiger partial charge is 0.361 e. The normalized spacial score (nSPS) is 15.4. The Labute approximate surface area is 250 Å². The van der Waals surface area contributed by atoms with Crippen molar-refractivity contribution in [3.63, 3.8) is 0 Å². The molecule has 3 aliphatic rings. The summed E-state index contributed by atoms with van der Waals surface area (Å²) < 4.78 is 145. The van der Waals surface area contributed by atoms with Gasteiger partial charge >= 0.3 is 0 Å². The van der Waals surface area contributed by atoms with Gasteiger partial charge < -0.3 is 9.97 Å². The SMILES string of the molecule is Fc1c(F)c(F)c(C2=C3C=CC(=N3)C=C3C=CC(=N3)C(c3c(F)c(F)c(F)c(F)c3F)=c3ccc([nH]3)=Cc3cc2c[nH]3)c(F)c1F. The lowest BCUT2D eigenvalue weighted by Gasteiger charge is -2.12. The van der Waals surface area contributed by atoms with Crippen LogP contribution in [0.15, 0.2) is 76.2 Å². The summed E-state index contributed by atoms with van der Waals surface area (Å²) in [5, 5.41) is 0.113. The third kappa shape index (κ3) is 4.39. The first-order chi connectivity index (χ1) is 21.9. The Morgan fingerprint density at radius 1 is 0.543 bits per heavy atom. The summed E-state index contributed by atoms with van der Waals surface area (Å²) in [6, 6.07) is 4.02. The number of rotatable bonds is 2. The quantitative estimate of drug-likeness (QED) is 0.144. The molecule has 0 unspecified atom stereocenters. The lowest BCUT2D eigenvalue weighted by Crippen LogP contribution is -2.21. The summed E-state index contributed by atoms with van der Waals surface area (Å²) in [6.07, 6.45) is 9.15. The number of aliphatic imine (C=N–C) groups is 2. The van der Waals surface area contributed by atoms with Crippen molar-refractivity contribution in [1.29, 1.82) is 0 Å². The van der Waals surface area contributed by atoms with Gasteiger partial charge in [-0.15, -0.1) is 0 Å². The molecular formula is C32H12F10N4. The van der Waals surface area contributed by atoms with E-state index in [1.54, 1.807) is 0 Å². The van der Waals surface area contributed by atoms with Gasteiger partial charge in [-0.2, -0.15) is 0 Å². The Hall–Kier alpha value is -5.66. The second-order valence-corrected chi connectivity index (χ2v) is 10.1. The van der Waals surface area contributed by atoms with E-state index in [9.17, 15) is 26.3 Å². The van der Waals surface area contributed by atoms with E-state index in [4.69, 9.17) is 0 Å². The van der Waals surface area contributed by atoms with Crippen LogP contribution in [0.2, 0.25) is 0 Å². The van der Waals surface area contributed by atoms with Gasteiger partial charge in [-0.25, -0.2) is 53.9 Å². The highest BCUT2D eigenvalue weighted by atomic mass is 19.2. The summed E-state index contributed by atoms with van der Waals surface area (Å²) >= 11 is 0.